The molecule has 3 aromatic rings. The van der Waals surface area contributed by atoms with Crippen molar-refractivity contribution in [2.45, 2.75) is 20.0 Å². The molecule has 0 aliphatic carbocycles. The predicted molar refractivity (Wildman–Crippen MR) is 73.3 cm³/mol. The minimum absolute atomic E-state index is 0.391. The Kier molecular flexibility index (Phi) is 2.97. The molecule has 8 nitrogen and oxygen atoms in total. The van der Waals surface area contributed by atoms with E-state index in [1.54, 1.807) is 7.11 Å². The van der Waals surface area contributed by atoms with Crippen LogP contribution >= 0.6 is 0 Å². The van der Waals surface area contributed by atoms with Gasteiger partial charge in [-0.1, -0.05) is 0 Å². The zero-order valence-corrected chi connectivity index (χ0v) is 11.3. The summed E-state index contributed by atoms with van der Waals surface area (Å²) < 4.78 is 8.85. The van der Waals surface area contributed by atoms with Crippen LogP contribution in [0.3, 0.4) is 0 Å². The van der Waals surface area contributed by atoms with Crippen LogP contribution in [0.4, 0.5) is 5.95 Å². The maximum Gasteiger partial charge on any atom is 0.245 e. The van der Waals surface area contributed by atoms with Gasteiger partial charge >= 0.3 is 0 Å². The summed E-state index contributed by atoms with van der Waals surface area (Å²) in [5.74, 6) is 0.818. The van der Waals surface area contributed by atoms with Gasteiger partial charge in [0.1, 0.15) is 6.33 Å². The maximum atomic E-state index is 5.95. The number of nitrogens with two attached hydrogens (primary N) is 1. The number of ether oxygens (including phenoxy) is 1. The van der Waals surface area contributed by atoms with E-state index >= 15 is 0 Å². The topological polar surface area (TPSA) is 96.7 Å². The van der Waals surface area contributed by atoms with Crippen molar-refractivity contribution in [3.63, 3.8) is 0 Å². The van der Waals surface area contributed by atoms with Crippen molar-refractivity contribution in [2.24, 2.45) is 0 Å². The molecule has 3 rings (SSSR count). The molecule has 0 bridgehead atoms. The predicted octanol–water partition coefficient (Wildman–Crippen LogP) is 0.622. The van der Waals surface area contributed by atoms with Crippen molar-refractivity contribution < 1.29 is 4.74 Å². The Labute approximate surface area is 115 Å². The lowest BCUT2D eigenvalue weighted by molar-refractivity contribution is 0.401. The lowest BCUT2D eigenvalue weighted by Gasteiger charge is -2.06. The van der Waals surface area contributed by atoms with E-state index in [0.29, 0.717) is 36.1 Å². The Morgan fingerprint density at radius 2 is 2.15 bits per heavy atom. The molecule has 0 unspecified atom stereocenters. The second-order valence-corrected chi connectivity index (χ2v) is 4.46. The van der Waals surface area contributed by atoms with Crippen molar-refractivity contribution in [1.29, 1.82) is 0 Å². The van der Waals surface area contributed by atoms with Crippen LogP contribution < -0.4 is 10.5 Å². The number of imidazole rings is 1. The number of hydrogen-bond acceptors (Lipinski definition) is 6. The average Bonchev–Trinajstić information content (AvgIpc) is 2.99. The van der Waals surface area contributed by atoms with Gasteiger partial charge in [-0.15, -0.1) is 0 Å². The van der Waals surface area contributed by atoms with E-state index < -0.39 is 0 Å². The molecule has 0 atom stereocenters. The SMILES string of the molecule is COc1ncnc2c1nc(N)n2CCn1cc(C)cn1. The zero-order valence-electron chi connectivity index (χ0n) is 11.3. The molecule has 3 aromatic heterocycles. The maximum absolute atomic E-state index is 5.95. The van der Waals surface area contributed by atoms with E-state index in [-0.39, 0.29) is 0 Å². The number of aryl methyl sites for hydroxylation is 3. The Bertz CT molecular complexity index is 745. The minimum Gasteiger partial charge on any atom is -0.479 e. The van der Waals surface area contributed by atoms with Gasteiger partial charge in [0.15, 0.2) is 11.2 Å². The van der Waals surface area contributed by atoms with E-state index in [9.17, 15) is 0 Å². The first-order valence-corrected chi connectivity index (χ1v) is 6.19. The first-order chi connectivity index (χ1) is 9.69. The molecule has 0 saturated heterocycles. The van der Waals surface area contributed by atoms with E-state index in [0.717, 1.165) is 5.56 Å². The van der Waals surface area contributed by atoms with Gasteiger partial charge < -0.3 is 10.5 Å². The van der Waals surface area contributed by atoms with Crippen LogP contribution in [-0.4, -0.2) is 36.4 Å². The minimum atomic E-state index is 0.391. The first kappa shape index (κ1) is 12.4. The Morgan fingerprint density at radius 1 is 1.30 bits per heavy atom. The van der Waals surface area contributed by atoms with Gasteiger partial charge in [0.2, 0.25) is 11.8 Å². The van der Waals surface area contributed by atoms with Gasteiger partial charge in [0.25, 0.3) is 0 Å². The van der Waals surface area contributed by atoms with E-state index in [4.69, 9.17) is 10.5 Å². The van der Waals surface area contributed by atoms with Crippen LogP contribution in [0, 0.1) is 6.92 Å². The molecule has 0 aliphatic rings. The van der Waals surface area contributed by atoms with Crippen LogP contribution in [0.5, 0.6) is 5.88 Å². The van der Waals surface area contributed by atoms with Crippen LogP contribution in [0.25, 0.3) is 11.2 Å². The van der Waals surface area contributed by atoms with Crippen LogP contribution in [0.2, 0.25) is 0 Å². The van der Waals surface area contributed by atoms with Crippen molar-refractivity contribution in [3.05, 3.63) is 24.3 Å². The van der Waals surface area contributed by atoms with Crippen molar-refractivity contribution >= 4 is 17.1 Å². The van der Waals surface area contributed by atoms with Gasteiger partial charge in [0, 0.05) is 12.7 Å². The molecule has 0 fully saturated rings. The highest BCUT2D eigenvalue weighted by atomic mass is 16.5. The lowest BCUT2D eigenvalue weighted by Crippen LogP contribution is -2.10. The third kappa shape index (κ3) is 2.04. The highest BCUT2D eigenvalue weighted by Gasteiger charge is 2.14. The molecule has 0 saturated carbocycles. The van der Waals surface area contributed by atoms with Crippen molar-refractivity contribution in [3.8, 4) is 5.88 Å². The molecule has 0 aliphatic heterocycles. The van der Waals surface area contributed by atoms with Gasteiger partial charge in [-0.25, -0.2) is 9.97 Å². The fourth-order valence-electron chi connectivity index (χ4n) is 2.09. The van der Waals surface area contributed by atoms with Crippen LogP contribution in [0.1, 0.15) is 5.56 Å². The lowest BCUT2D eigenvalue weighted by atomic mass is 10.4. The van der Waals surface area contributed by atoms with Gasteiger partial charge in [-0.2, -0.15) is 10.1 Å². The smallest absolute Gasteiger partial charge is 0.245 e. The summed E-state index contributed by atoms with van der Waals surface area (Å²) in [5.41, 5.74) is 8.31. The Morgan fingerprint density at radius 3 is 2.85 bits per heavy atom. The monoisotopic (exact) mass is 273 g/mol. The third-order valence-corrected chi connectivity index (χ3v) is 3.04. The summed E-state index contributed by atoms with van der Waals surface area (Å²) in [6, 6.07) is 0. The van der Waals surface area contributed by atoms with Gasteiger partial charge in [-0.05, 0) is 12.5 Å². The summed E-state index contributed by atoms with van der Waals surface area (Å²) in [5, 5.41) is 4.24. The van der Waals surface area contributed by atoms with E-state index in [2.05, 4.69) is 20.1 Å². The molecule has 20 heavy (non-hydrogen) atoms. The normalized spacial score (nSPS) is 11.1. The van der Waals surface area contributed by atoms with Crippen molar-refractivity contribution in [2.75, 3.05) is 12.8 Å². The molecule has 3 heterocycles. The molecule has 104 valence electrons. The number of anilines is 1. The fraction of sp³-hybridized carbons (Fsp3) is 0.333. The molecule has 8 heteroatoms. The van der Waals surface area contributed by atoms with Crippen LogP contribution in [-0.2, 0) is 13.1 Å². The number of methoxy groups -OCH3 is 1. The Balaban J connectivity index is 1.93. The molecule has 0 radical (unpaired) electrons. The summed E-state index contributed by atoms with van der Waals surface area (Å²) in [7, 11) is 1.55. The molecule has 0 amide bonds. The Hall–Kier alpha value is -2.64. The highest BCUT2D eigenvalue weighted by molar-refractivity contribution is 5.78. The van der Waals surface area contributed by atoms with Gasteiger partial charge in [-0.3, -0.25) is 9.25 Å². The largest absolute Gasteiger partial charge is 0.479 e. The molecule has 0 aromatic carbocycles. The number of rotatable bonds is 4. The second-order valence-electron chi connectivity index (χ2n) is 4.46. The molecular weight excluding hydrogens is 258 g/mol. The summed E-state index contributed by atoms with van der Waals surface area (Å²) in [6.07, 6.45) is 5.24. The summed E-state index contributed by atoms with van der Waals surface area (Å²) in [4.78, 5) is 12.5. The zero-order chi connectivity index (χ0) is 14.1. The average molecular weight is 273 g/mol. The fourth-order valence-corrected chi connectivity index (χ4v) is 2.09. The van der Waals surface area contributed by atoms with Crippen molar-refractivity contribution in [1.82, 2.24) is 29.3 Å². The number of fused-ring (bicyclic) bond motifs is 1. The third-order valence-electron chi connectivity index (χ3n) is 3.04. The summed E-state index contributed by atoms with van der Waals surface area (Å²) in [6.45, 7) is 3.32. The van der Waals surface area contributed by atoms with E-state index in [1.807, 2.05) is 28.6 Å². The molecular formula is C12H15N7O. The standard InChI is InChI=1S/C12H15N7O/c1-8-5-16-18(6-8)3-4-19-10-9(17-12(19)13)11(20-2)15-7-14-10/h5-7H,3-4H2,1-2H3,(H2,13,17). The first-order valence-electron chi connectivity index (χ1n) is 6.19. The highest BCUT2D eigenvalue weighted by Crippen LogP contribution is 2.22. The summed E-state index contributed by atoms with van der Waals surface area (Å²) >= 11 is 0. The van der Waals surface area contributed by atoms with Crippen LogP contribution in [0.15, 0.2) is 18.7 Å². The molecule has 0 spiro atoms. The van der Waals surface area contributed by atoms with Gasteiger partial charge in [0.05, 0.1) is 19.9 Å². The number of nitrogens with zero attached hydrogens (tertiary/aromatic N) is 6. The molecule has 2 N–H and O–H groups in total. The van der Waals surface area contributed by atoms with E-state index in [1.165, 1.54) is 6.33 Å². The quantitative estimate of drug-likeness (QED) is 0.748. The second kappa shape index (κ2) is 4.80. The number of nitrogen functional groups attached to an aromatic ring is 1. The number of aromatic nitrogens is 6. The number of hydrogen-bond donors (Lipinski definition) is 1.